The van der Waals surface area contributed by atoms with Gasteiger partial charge in [0.05, 0.1) is 17.2 Å². The van der Waals surface area contributed by atoms with Crippen LogP contribution < -0.4 is 20.2 Å². The van der Waals surface area contributed by atoms with Crippen LogP contribution in [0.4, 0.5) is 17.1 Å². The Kier molecular flexibility index (Phi) is 7.28. The zero-order chi connectivity index (χ0) is 34.4. The van der Waals surface area contributed by atoms with Gasteiger partial charge < -0.3 is 9.64 Å². The number of benzene rings is 7. The Hall–Kier alpha value is -6.71. The molecule has 2 heterocycles. The Labute approximate surface area is 303 Å². The van der Waals surface area contributed by atoms with Crippen molar-refractivity contribution in [1.29, 1.82) is 0 Å². The minimum atomic E-state index is -0.0401. The maximum atomic E-state index is 6.32. The maximum absolute atomic E-state index is 6.32. The summed E-state index contributed by atoms with van der Waals surface area (Å²) in [6.07, 6.45) is 6.46. The second-order valence-corrected chi connectivity index (χ2v) is 13.6. The first-order chi connectivity index (χ1) is 25.7. The van der Waals surface area contributed by atoms with E-state index in [4.69, 9.17) is 9.72 Å². The van der Waals surface area contributed by atoms with E-state index in [2.05, 4.69) is 187 Å². The normalized spacial score (nSPS) is 15.4. The average molecular weight is 667 g/mol. The van der Waals surface area contributed by atoms with Gasteiger partial charge in [0.1, 0.15) is 11.9 Å². The lowest BCUT2D eigenvalue weighted by atomic mass is 9.91. The van der Waals surface area contributed by atoms with Crippen molar-refractivity contribution in [2.45, 2.75) is 12.0 Å². The summed E-state index contributed by atoms with van der Waals surface area (Å²) in [5.74, 6) is 1.12. The van der Waals surface area contributed by atoms with Crippen LogP contribution in [-0.2, 0) is 0 Å². The van der Waals surface area contributed by atoms with Crippen molar-refractivity contribution in [3.05, 3.63) is 198 Å². The predicted octanol–water partition coefficient (Wildman–Crippen LogP) is 10.8. The summed E-state index contributed by atoms with van der Waals surface area (Å²) in [7, 11) is 0. The Morgan fingerprint density at radius 1 is 0.481 bits per heavy atom. The lowest BCUT2D eigenvalue weighted by molar-refractivity contribution is 0.287. The van der Waals surface area contributed by atoms with E-state index in [0.717, 1.165) is 38.9 Å². The molecule has 2 unspecified atom stereocenters. The highest BCUT2D eigenvalue weighted by atomic mass is 16.5. The van der Waals surface area contributed by atoms with Crippen LogP contribution in [0.3, 0.4) is 0 Å². The molecule has 52 heavy (non-hydrogen) atoms. The van der Waals surface area contributed by atoms with Crippen LogP contribution in [0, 0.1) is 0 Å². The van der Waals surface area contributed by atoms with E-state index in [1.807, 2.05) is 12.3 Å². The van der Waals surface area contributed by atoms with Gasteiger partial charge in [-0.2, -0.15) is 0 Å². The highest BCUT2D eigenvalue weighted by Gasteiger charge is 2.32. The van der Waals surface area contributed by atoms with Crippen LogP contribution in [-0.4, -0.2) is 11.1 Å². The van der Waals surface area contributed by atoms with Gasteiger partial charge in [0.25, 0.3) is 0 Å². The molecule has 0 saturated carbocycles. The first-order valence-electron chi connectivity index (χ1n) is 17.8. The summed E-state index contributed by atoms with van der Waals surface area (Å²) < 4.78 is 6.32. The Bertz CT molecular complexity index is 2730. The van der Waals surface area contributed by atoms with E-state index in [-0.39, 0.29) is 12.0 Å². The molecule has 246 valence electrons. The van der Waals surface area contributed by atoms with Crippen molar-refractivity contribution in [3.63, 3.8) is 0 Å². The van der Waals surface area contributed by atoms with Gasteiger partial charge >= 0.3 is 0 Å². The van der Waals surface area contributed by atoms with E-state index in [1.54, 1.807) is 0 Å². The molecule has 1 aliphatic heterocycles. The zero-order valence-electron chi connectivity index (χ0n) is 28.4. The largest absolute Gasteiger partial charge is 0.485 e. The molecule has 0 amide bonds. The Balaban J connectivity index is 1.11. The molecule has 0 bridgehead atoms. The minimum Gasteiger partial charge on any atom is -0.485 e. The highest BCUT2D eigenvalue weighted by molar-refractivity contribution is 5.97. The molecule has 3 heteroatoms. The molecule has 8 aromatic rings. The van der Waals surface area contributed by atoms with Crippen molar-refractivity contribution < 1.29 is 4.74 Å². The molecule has 2 atom stereocenters. The van der Waals surface area contributed by atoms with Crippen molar-refractivity contribution in [2.24, 2.45) is 0 Å². The van der Waals surface area contributed by atoms with Gasteiger partial charge in [-0.05, 0) is 91.8 Å². The van der Waals surface area contributed by atoms with E-state index >= 15 is 0 Å². The summed E-state index contributed by atoms with van der Waals surface area (Å²) in [5, 5.41) is 4.54. The molecule has 10 rings (SSSR count). The van der Waals surface area contributed by atoms with Gasteiger partial charge in [-0.15, -0.1) is 0 Å². The van der Waals surface area contributed by atoms with Crippen molar-refractivity contribution in [1.82, 2.24) is 4.98 Å². The van der Waals surface area contributed by atoms with E-state index in [9.17, 15) is 0 Å². The van der Waals surface area contributed by atoms with Gasteiger partial charge in [0.15, 0.2) is 0 Å². The number of hydrogen-bond acceptors (Lipinski definition) is 3. The average Bonchev–Trinajstić information content (AvgIpc) is 3.58. The number of para-hydroxylation sites is 1. The van der Waals surface area contributed by atoms with Gasteiger partial charge in [-0.1, -0.05) is 146 Å². The van der Waals surface area contributed by atoms with Gasteiger partial charge in [-0.3, -0.25) is 4.98 Å². The number of hydrogen-bond donors (Lipinski definition) is 0. The number of aromatic nitrogens is 1. The zero-order valence-corrected chi connectivity index (χ0v) is 28.4. The van der Waals surface area contributed by atoms with E-state index in [0.29, 0.717) is 0 Å². The number of pyridine rings is 1. The number of fused-ring (bicyclic) bond motifs is 5. The third kappa shape index (κ3) is 5.35. The lowest BCUT2D eigenvalue weighted by Gasteiger charge is -2.27. The molecule has 0 radical (unpaired) electrons. The van der Waals surface area contributed by atoms with Crippen molar-refractivity contribution in [3.8, 4) is 39.1 Å². The van der Waals surface area contributed by atoms with E-state index < -0.39 is 0 Å². The van der Waals surface area contributed by atoms with Crippen LogP contribution in [0.25, 0.3) is 56.3 Å². The number of nitrogens with zero attached hydrogens (tertiary/aromatic N) is 2. The van der Waals surface area contributed by atoms with Crippen LogP contribution in [0.5, 0.6) is 5.75 Å². The lowest BCUT2D eigenvalue weighted by Crippen LogP contribution is -2.37. The van der Waals surface area contributed by atoms with Crippen LogP contribution in [0.1, 0.15) is 11.5 Å². The summed E-state index contributed by atoms with van der Waals surface area (Å²) >= 11 is 0. The topological polar surface area (TPSA) is 25.4 Å². The second-order valence-electron chi connectivity index (χ2n) is 13.6. The molecule has 3 nitrogen and oxygen atoms in total. The fourth-order valence-corrected chi connectivity index (χ4v) is 7.85. The molecule has 1 aromatic heterocycles. The third-order valence-electron chi connectivity index (χ3n) is 10.4. The quantitative estimate of drug-likeness (QED) is 0.177. The molecule has 7 aromatic carbocycles. The van der Waals surface area contributed by atoms with Crippen LogP contribution in [0.2, 0.25) is 0 Å². The Morgan fingerprint density at radius 3 is 1.96 bits per heavy atom. The van der Waals surface area contributed by atoms with Crippen molar-refractivity contribution >= 4 is 40.0 Å². The molecule has 0 spiro atoms. The minimum absolute atomic E-state index is 0.0401. The summed E-state index contributed by atoms with van der Waals surface area (Å²) in [6.45, 7) is 0. The number of rotatable bonds is 6. The molecule has 1 aliphatic carbocycles. The summed E-state index contributed by atoms with van der Waals surface area (Å²) in [4.78, 5) is 7.38. The predicted molar refractivity (Wildman–Crippen MR) is 215 cm³/mol. The standard InChI is InChI=1S/C49H34N2O/c1-2-11-33(12-3-1)34-23-25-35(26-24-34)37-15-8-17-40(27-37)51(41-18-9-16-38(28-41)44-21-10-14-36-13-4-5-19-43(36)44)42-29-39-30-46-45-20-6-7-22-48(45)52-49(46)31-47(39)50-32-42/h1-32,46,49H. The van der Waals surface area contributed by atoms with Crippen LogP contribution >= 0.6 is 0 Å². The van der Waals surface area contributed by atoms with Gasteiger partial charge in [0.2, 0.25) is 0 Å². The Morgan fingerprint density at radius 2 is 1.12 bits per heavy atom. The fraction of sp³-hybridized carbons (Fsp3) is 0.0408. The van der Waals surface area contributed by atoms with Gasteiger partial charge in [-0.25, -0.2) is 0 Å². The SMILES string of the molecule is C1=c2cc(N(c3cccc(-c4ccc(-c5ccccc5)cc4)c3)c3cccc(-c4cccc5ccccc45)c3)cnc2=CC2Oc3ccccc3C12. The van der Waals surface area contributed by atoms with Gasteiger partial charge in [0, 0.05) is 22.9 Å². The summed E-state index contributed by atoms with van der Waals surface area (Å²) in [5.41, 5.74) is 11.5. The molecule has 0 N–H and O–H groups in total. The number of anilines is 3. The first-order valence-corrected chi connectivity index (χ1v) is 17.8. The van der Waals surface area contributed by atoms with E-state index in [1.165, 1.54) is 44.2 Å². The maximum Gasteiger partial charge on any atom is 0.130 e. The van der Waals surface area contributed by atoms with Crippen molar-refractivity contribution in [2.75, 3.05) is 4.90 Å². The molecular weight excluding hydrogens is 633 g/mol. The first kappa shape index (κ1) is 30.1. The second kappa shape index (κ2) is 12.6. The summed E-state index contributed by atoms with van der Waals surface area (Å²) in [6, 6.07) is 62.9. The molecule has 0 fully saturated rings. The fourth-order valence-electron chi connectivity index (χ4n) is 7.85. The highest BCUT2D eigenvalue weighted by Crippen LogP contribution is 2.41. The number of ether oxygens (including phenoxy) is 1. The smallest absolute Gasteiger partial charge is 0.130 e. The molecule has 2 aliphatic rings. The third-order valence-corrected chi connectivity index (χ3v) is 10.4. The molecule has 0 saturated heterocycles. The monoisotopic (exact) mass is 666 g/mol. The molecular formula is C49H34N2O. The van der Waals surface area contributed by atoms with Crippen LogP contribution in [0.15, 0.2) is 182 Å².